The van der Waals surface area contributed by atoms with Crippen LogP contribution >= 0.6 is 0 Å². The number of nitrogens with one attached hydrogen (secondary N) is 3. The highest BCUT2D eigenvalue weighted by Crippen LogP contribution is 2.38. The van der Waals surface area contributed by atoms with Crippen LogP contribution in [-0.2, 0) is 9.59 Å². The number of pyridine rings is 1. The minimum atomic E-state index is -0.943. The minimum Gasteiger partial charge on any atom is -0.323 e. The molecule has 2 aromatic carbocycles. The maximum absolute atomic E-state index is 13.1. The quantitative estimate of drug-likeness (QED) is 0.375. The number of hydrazine groups is 1. The summed E-state index contributed by atoms with van der Waals surface area (Å²) in [5, 5.41) is 3.46. The van der Waals surface area contributed by atoms with Crippen LogP contribution in [-0.4, -0.2) is 45.7 Å². The van der Waals surface area contributed by atoms with Gasteiger partial charge in [-0.25, -0.2) is 9.78 Å². The van der Waals surface area contributed by atoms with E-state index in [-0.39, 0.29) is 11.8 Å². The van der Waals surface area contributed by atoms with E-state index < -0.39 is 29.9 Å². The number of para-hydroxylation sites is 1. The van der Waals surface area contributed by atoms with Crippen LogP contribution in [0.3, 0.4) is 0 Å². The summed E-state index contributed by atoms with van der Waals surface area (Å²) in [4.78, 5) is 57.1. The van der Waals surface area contributed by atoms with E-state index in [2.05, 4.69) is 16.2 Å². The topological polar surface area (TPSA) is 121 Å². The van der Waals surface area contributed by atoms with E-state index in [4.69, 9.17) is 4.98 Å². The maximum atomic E-state index is 13.1. The van der Waals surface area contributed by atoms with E-state index in [0.717, 1.165) is 35.3 Å². The number of fused-ring (bicyclic) bond motifs is 1. The second-order valence-electron chi connectivity index (χ2n) is 9.88. The lowest BCUT2D eigenvalue weighted by atomic mass is 9.73. The molecule has 3 N–H and O–H groups in total. The van der Waals surface area contributed by atoms with Crippen molar-refractivity contribution >= 4 is 34.7 Å². The van der Waals surface area contributed by atoms with Gasteiger partial charge in [-0.3, -0.25) is 30.1 Å². The molecule has 1 aromatic heterocycles. The van der Waals surface area contributed by atoms with E-state index in [1.807, 2.05) is 56.3 Å². The number of imide groups is 1. The lowest BCUT2D eigenvalue weighted by molar-refractivity contribution is -0.137. The van der Waals surface area contributed by atoms with E-state index >= 15 is 0 Å². The van der Waals surface area contributed by atoms with Crippen molar-refractivity contribution in [1.29, 1.82) is 0 Å². The van der Waals surface area contributed by atoms with Gasteiger partial charge in [0.15, 0.2) is 0 Å². The smallest absolute Gasteiger partial charge is 0.323 e. The molecule has 5 amide bonds. The molecule has 37 heavy (non-hydrogen) atoms. The van der Waals surface area contributed by atoms with Gasteiger partial charge in [0.2, 0.25) is 0 Å². The van der Waals surface area contributed by atoms with Gasteiger partial charge in [0, 0.05) is 10.9 Å². The Kier molecular flexibility index (Phi) is 6.37. The largest absolute Gasteiger partial charge is 0.325 e. The minimum absolute atomic E-state index is 0.00633. The number of aromatic nitrogens is 1. The molecule has 9 nitrogen and oxygen atoms in total. The van der Waals surface area contributed by atoms with Crippen molar-refractivity contribution in [2.75, 3.05) is 6.54 Å². The van der Waals surface area contributed by atoms with Gasteiger partial charge in [-0.15, -0.1) is 0 Å². The first-order chi connectivity index (χ1) is 17.8. The second kappa shape index (κ2) is 9.65. The van der Waals surface area contributed by atoms with Crippen molar-refractivity contribution < 1.29 is 19.2 Å². The van der Waals surface area contributed by atoms with Crippen molar-refractivity contribution in [3.63, 3.8) is 0 Å². The Morgan fingerprint density at radius 1 is 1.08 bits per heavy atom. The normalized spacial score (nSPS) is 21.2. The summed E-state index contributed by atoms with van der Waals surface area (Å²) in [5.41, 5.74) is 7.41. The van der Waals surface area contributed by atoms with Crippen molar-refractivity contribution in [2.24, 2.45) is 5.92 Å². The first-order valence-corrected chi connectivity index (χ1v) is 12.5. The van der Waals surface area contributed by atoms with Crippen LogP contribution in [0.1, 0.15) is 48.5 Å². The Labute approximate surface area is 214 Å². The highest BCUT2D eigenvalue weighted by Gasteiger charge is 2.55. The molecule has 2 fully saturated rings. The van der Waals surface area contributed by atoms with Crippen LogP contribution in [0.15, 0.2) is 54.6 Å². The molecule has 2 heterocycles. The first-order valence-electron chi connectivity index (χ1n) is 12.5. The molecule has 0 bridgehead atoms. The monoisotopic (exact) mass is 499 g/mol. The number of nitrogens with zero attached hydrogens (tertiary/aromatic N) is 2. The summed E-state index contributed by atoms with van der Waals surface area (Å²) in [6, 6.07) is 16.2. The van der Waals surface area contributed by atoms with Gasteiger partial charge in [0.25, 0.3) is 17.7 Å². The van der Waals surface area contributed by atoms with E-state index in [0.29, 0.717) is 28.6 Å². The summed E-state index contributed by atoms with van der Waals surface area (Å²) in [6.45, 7) is 3.46. The summed E-state index contributed by atoms with van der Waals surface area (Å²) in [7, 11) is 0. The van der Waals surface area contributed by atoms with E-state index in [1.165, 1.54) is 0 Å². The number of carbonyl (C=O) groups is 4. The third kappa shape index (κ3) is 4.52. The fraction of sp³-hybridized carbons (Fsp3) is 0.321. The van der Waals surface area contributed by atoms with Crippen molar-refractivity contribution in [2.45, 2.75) is 45.1 Å². The number of aryl methyl sites for hydroxylation is 1. The molecule has 1 aliphatic carbocycles. The Morgan fingerprint density at radius 2 is 1.84 bits per heavy atom. The predicted molar refractivity (Wildman–Crippen MR) is 138 cm³/mol. The third-order valence-electron chi connectivity index (χ3n) is 7.43. The Morgan fingerprint density at radius 3 is 2.59 bits per heavy atom. The van der Waals surface area contributed by atoms with Gasteiger partial charge in [0.1, 0.15) is 12.1 Å². The molecule has 2 atom stereocenters. The molecule has 0 radical (unpaired) electrons. The van der Waals surface area contributed by atoms with Crippen LogP contribution in [0.25, 0.3) is 22.2 Å². The number of benzene rings is 2. The van der Waals surface area contributed by atoms with Crippen LogP contribution in [0.2, 0.25) is 0 Å². The SMILES string of the molecule is Cc1ccc(-c2cc(C(=O)NNC(=O)CN3C(=O)NC4(CCCCC4C)C3=O)c3ccccc3n2)cc1. The molecule has 1 saturated carbocycles. The predicted octanol–water partition coefficient (Wildman–Crippen LogP) is 3.47. The molecule has 190 valence electrons. The molecule has 1 aliphatic heterocycles. The number of urea groups is 1. The Balaban J connectivity index is 1.31. The zero-order chi connectivity index (χ0) is 26.2. The highest BCUT2D eigenvalue weighted by atomic mass is 16.2. The summed E-state index contributed by atoms with van der Waals surface area (Å²) < 4.78 is 0. The Hall–Kier alpha value is -4.27. The molecule has 1 spiro atoms. The summed E-state index contributed by atoms with van der Waals surface area (Å²) in [6.07, 6.45) is 3.25. The van der Waals surface area contributed by atoms with Crippen LogP contribution in [0.4, 0.5) is 4.79 Å². The standard InChI is InChI=1S/C28H29N5O4/c1-17-10-12-19(13-11-17)23-15-21(20-8-3-4-9-22(20)29-23)25(35)32-31-24(34)16-33-26(36)28(30-27(33)37)14-6-5-7-18(28)2/h3-4,8-13,15,18H,5-7,14,16H2,1-2H3,(H,30,37)(H,31,34)(H,32,35). The van der Waals surface area contributed by atoms with Gasteiger partial charge < -0.3 is 5.32 Å². The van der Waals surface area contributed by atoms with Crippen molar-refractivity contribution in [3.8, 4) is 11.3 Å². The van der Waals surface area contributed by atoms with E-state index in [9.17, 15) is 19.2 Å². The van der Waals surface area contributed by atoms with Gasteiger partial charge in [-0.05, 0) is 37.8 Å². The van der Waals surface area contributed by atoms with Gasteiger partial charge in [-0.2, -0.15) is 0 Å². The maximum Gasteiger partial charge on any atom is 0.325 e. The number of rotatable bonds is 4. The zero-order valence-corrected chi connectivity index (χ0v) is 20.8. The molecule has 2 unspecified atom stereocenters. The van der Waals surface area contributed by atoms with Crippen molar-refractivity contribution in [3.05, 3.63) is 65.7 Å². The average molecular weight is 500 g/mol. The second-order valence-corrected chi connectivity index (χ2v) is 9.88. The first kappa shape index (κ1) is 24.4. The molecule has 1 saturated heterocycles. The zero-order valence-electron chi connectivity index (χ0n) is 20.8. The summed E-state index contributed by atoms with van der Waals surface area (Å²) >= 11 is 0. The van der Waals surface area contributed by atoms with Gasteiger partial charge >= 0.3 is 6.03 Å². The molecule has 9 heteroatoms. The molecule has 3 aromatic rings. The molecule has 5 rings (SSSR count). The van der Waals surface area contributed by atoms with Gasteiger partial charge in [0.05, 0.1) is 16.8 Å². The van der Waals surface area contributed by atoms with Crippen molar-refractivity contribution in [1.82, 2.24) is 26.1 Å². The Bertz CT molecular complexity index is 1400. The fourth-order valence-corrected chi connectivity index (χ4v) is 5.25. The summed E-state index contributed by atoms with van der Waals surface area (Å²) in [5.74, 6) is -1.59. The number of amides is 5. The van der Waals surface area contributed by atoms with Crippen LogP contribution in [0.5, 0.6) is 0 Å². The van der Waals surface area contributed by atoms with Crippen LogP contribution < -0.4 is 16.2 Å². The number of hydrogen-bond acceptors (Lipinski definition) is 5. The average Bonchev–Trinajstić information content (AvgIpc) is 3.13. The lowest BCUT2D eigenvalue weighted by Gasteiger charge is -2.36. The lowest BCUT2D eigenvalue weighted by Crippen LogP contribution is -2.54. The third-order valence-corrected chi connectivity index (χ3v) is 7.43. The molecule has 2 aliphatic rings. The highest BCUT2D eigenvalue weighted by molar-refractivity contribution is 6.10. The number of hydrogen-bond donors (Lipinski definition) is 3. The number of carbonyl (C=O) groups excluding carboxylic acids is 4. The van der Waals surface area contributed by atoms with Gasteiger partial charge in [-0.1, -0.05) is 67.8 Å². The van der Waals surface area contributed by atoms with Crippen LogP contribution in [0, 0.1) is 12.8 Å². The molecular weight excluding hydrogens is 470 g/mol. The fourth-order valence-electron chi connectivity index (χ4n) is 5.25. The molecular formula is C28H29N5O4. The van der Waals surface area contributed by atoms with E-state index in [1.54, 1.807) is 12.1 Å².